The predicted molar refractivity (Wildman–Crippen MR) is 83.1 cm³/mol. The number of aryl methyl sites for hydroxylation is 1. The number of ketones is 1. The van der Waals surface area contributed by atoms with Gasteiger partial charge in [-0.25, -0.2) is 0 Å². The molecule has 1 aromatic heterocycles. The summed E-state index contributed by atoms with van der Waals surface area (Å²) in [6.07, 6.45) is 2.58. The van der Waals surface area contributed by atoms with E-state index in [0.29, 0.717) is 5.76 Å². The van der Waals surface area contributed by atoms with Crippen molar-refractivity contribution < 1.29 is 9.21 Å². The Morgan fingerprint density at radius 2 is 2.00 bits per heavy atom. The van der Waals surface area contributed by atoms with Crippen LogP contribution in [0.2, 0.25) is 0 Å². The molecule has 0 amide bonds. The Labute approximate surface area is 124 Å². The van der Waals surface area contributed by atoms with Crippen LogP contribution < -0.4 is 5.32 Å². The molecule has 2 heterocycles. The molecule has 21 heavy (non-hydrogen) atoms. The third kappa shape index (κ3) is 2.77. The highest BCUT2D eigenvalue weighted by molar-refractivity contribution is 6.06. The Morgan fingerprint density at radius 3 is 2.71 bits per heavy atom. The zero-order chi connectivity index (χ0) is 15.0. The number of carbonyl (C=O) groups is 1. The molecule has 0 aliphatic carbocycles. The largest absolute Gasteiger partial charge is 0.458 e. The van der Waals surface area contributed by atoms with Crippen LogP contribution in [0, 0.1) is 6.92 Å². The number of benzene rings is 1. The number of nitrogens with one attached hydrogen (secondary N) is 1. The normalized spacial score (nSPS) is 18.1. The highest BCUT2D eigenvalue weighted by atomic mass is 16.3. The van der Waals surface area contributed by atoms with E-state index in [1.165, 1.54) is 5.56 Å². The first-order valence-electron chi connectivity index (χ1n) is 7.13. The number of carbonyl (C=O) groups excluding carboxylic acids is 1. The number of allylic oxidation sites excluding steroid dienone is 1. The molecule has 0 spiro atoms. The van der Waals surface area contributed by atoms with Gasteiger partial charge in [-0.05, 0) is 44.9 Å². The second-order valence-corrected chi connectivity index (χ2v) is 6.18. The van der Waals surface area contributed by atoms with Gasteiger partial charge in [0.05, 0.1) is 0 Å². The van der Waals surface area contributed by atoms with Crippen LogP contribution >= 0.6 is 0 Å². The van der Waals surface area contributed by atoms with Gasteiger partial charge < -0.3 is 9.73 Å². The lowest BCUT2D eigenvalue weighted by Crippen LogP contribution is -2.43. The molecule has 3 heteroatoms. The summed E-state index contributed by atoms with van der Waals surface area (Å²) < 4.78 is 5.40. The second kappa shape index (κ2) is 4.92. The summed E-state index contributed by atoms with van der Waals surface area (Å²) in [6.45, 7) is 6.11. The summed E-state index contributed by atoms with van der Waals surface area (Å²) in [7, 11) is 0. The Kier molecular flexibility index (Phi) is 3.20. The van der Waals surface area contributed by atoms with Gasteiger partial charge in [-0.1, -0.05) is 24.3 Å². The van der Waals surface area contributed by atoms with Gasteiger partial charge in [-0.2, -0.15) is 0 Å². The van der Waals surface area contributed by atoms with E-state index >= 15 is 0 Å². The van der Waals surface area contributed by atoms with Gasteiger partial charge in [0.1, 0.15) is 5.76 Å². The van der Waals surface area contributed by atoms with Crippen molar-refractivity contribution in [1.29, 1.82) is 0 Å². The van der Waals surface area contributed by atoms with Crippen molar-refractivity contribution in [3.63, 3.8) is 0 Å². The minimum atomic E-state index is -0.113. The molecule has 1 aliphatic rings. The number of furan rings is 1. The Balaban J connectivity index is 2.01. The average Bonchev–Trinajstić information content (AvgIpc) is 2.84. The van der Waals surface area contributed by atoms with E-state index in [-0.39, 0.29) is 11.3 Å². The van der Waals surface area contributed by atoms with Crippen LogP contribution in [0.25, 0.3) is 5.70 Å². The Morgan fingerprint density at radius 1 is 1.24 bits per heavy atom. The molecular weight excluding hydrogens is 262 g/mol. The molecule has 1 aromatic carbocycles. The maximum Gasteiger partial charge on any atom is 0.223 e. The van der Waals surface area contributed by atoms with E-state index in [2.05, 4.69) is 25.2 Å². The molecule has 3 rings (SSSR count). The maximum absolute atomic E-state index is 12.3. The summed E-state index contributed by atoms with van der Waals surface area (Å²) in [5.41, 5.74) is 3.14. The van der Waals surface area contributed by atoms with E-state index < -0.39 is 0 Å². The van der Waals surface area contributed by atoms with E-state index in [1.807, 2.05) is 25.1 Å². The summed E-state index contributed by atoms with van der Waals surface area (Å²) in [4.78, 5) is 12.3. The molecule has 1 aliphatic heterocycles. The molecule has 0 radical (unpaired) electrons. The maximum atomic E-state index is 12.3. The highest BCUT2D eigenvalue weighted by Gasteiger charge is 2.27. The molecule has 0 unspecified atom stereocenters. The minimum absolute atomic E-state index is 0.0699. The molecule has 0 fully saturated rings. The number of hydrogen-bond acceptors (Lipinski definition) is 3. The van der Waals surface area contributed by atoms with Crippen molar-refractivity contribution in [3.05, 3.63) is 65.1 Å². The molecule has 1 N–H and O–H groups in total. The van der Waals surface area contributed by atoms with E-state index in [1.54, 1.807) is 18.2 Å². The fraction of sp³-hybridized carbons (Fsp3) is 0.278. The molecule has 0 bridgehead atoms. The van der Waals surface area contributed by atoms with Gasteiger partial charge in [-0.3, -0.25) is 4.79 Å². The fourth-order valence-corrected chi connectivity index (χ4v) is 2.77. The van der Waals surface area contributed by atoms with Crippen LogP contribution in [0.4, 0.5) is 0 Å². The van der Waals surface area contributed by atoms with E-state index in [4.69, 9.17) is 4.42 Å². The van der Waals surface area contributed by atoms with Crippen LogP contribution in [0.1, 0.15) is 41.3 Å². The number of hydrogen-bond donors (Lipinski definition) is 1. The van der Waals surface area contributed by atoms with Crippen molar-refractivity contribution in [1.82, 2.24) is 5.32 Å². The lowest BCUT2D eigenvalue weighted by molar-refractivity contribution is 0.102. The van der Waals surface area contributed by atoms with Gasteiger partial charge in [0.2, 0.25) is 5.78 Å². The van der Waals surface area contributed by atoms with Crippen molar-refractivity contribution in [2.75, 3.05) is 0 Å². The summed E-state index contributed by atoms with van der Waals surface area (Å²) >= 11 is 0. The minimum Gasteiger partial charge on any atom is -0.458 e. The van der Waals surface area contributed by atoms with Gasteiger partial charge in [0, 0.05) is 22.9 Å². The number of rotatable bonds is 2. The molecule has 108 valence electrons. The first-order chi connectivity index (χ1) is 9.94. The van der Waals surface area contributed by atoms with Crippen LogP contribution in [-0.2, 0) is 6.42 Å². The third-order valence-electron chi connectivity index (χ3n) is 3.67. The standard InChI is InChI=1S/C18H19NO2/c1-12-8-9-17(21-12)16(20)10-15-14-7-5-4-6-13(14)11-18(2,3)19-15/h4-10,19H,11H2,1-3H3/b15-10-. The van der Waals surface area contributed by atoms with Gasteiger partial charge in [-0.15, -0.1) is 0 Å². The number of fused-ring (bicyclic) bond motifs is 1. The molecule has 3 nitrogen and oxygen atoms in total. The highest BCUT2D eigenvalue weighted by Crippen LogP contribution is 2.29. The van der Waals surface area contributed by atoms with Crippen LogP contribution in [-0.4, -0.2) is 11.3 Å². The lowest BCUT2D eigenvalue weighted by Gasteiger charge is -2.35. The zero-order valence-electron chi connectivity index (χ0n) is 12.6. The van der Waals surface area contributed by atoms with Crippen molar-refractivity contribution in [2.24, 2.45) is 0 Å². The summed E-state index contributed by atoms with van der Waals surface area (Å²) in [6, 6.07) is 11.7. The zero-order valence-corrected chi connectivity index (χ0v) is 12.6. The van der Waals surface area contributed by atoms with E-state index in [0.717, 1.165) is 23.4 Å². The lowest BCUT2D eigenvalue weighted by atomic mass is 9.85. The smallest absolute Gasteiger partial charge is 0.223 e. The topological polar surface area (TPSA) is 42.2 Å². The Hall–Kier alpha value is -2.29. The predicted octanol–water partition coefficient (Wildman–Crippen LogP) is 3.74. The van der Waals surface area contributed by atoms with Gasteiger partial charge >= 0.3 is 0 Å². The quantitative estimate of drug-likeness (QED) is 0.673. The first-order valence-corrected chi connectivity index (χ1v) is 7.13. The first kappa shape index (κ1) is 13.7. The third-order valence-corrected chi connectivity index (χ3v) is 3.67. The van der Waals surface area contributed by atoms with E-state index in [9.17, 15) is 4.79 Å². The average molecular weight is 281 g/mol. The summed E-state index contributed by atoms with van der Waals surface area (Å²) in [5.74, 6) is 1.01. The van der Waals surface area contributed by atoms with Crippen molar-refractivity contribution in [3.8, 4) is 0 Å². The van der Waals surface area contributed by atoms with Crippen molar-refractivity contribution >= 4 is 11.5 Å². The molecular formula is C18H19NO2. The second-order valence-electron chi connectivity index (χ2n) is 6.18. The summed E-state index contributed by atoms with van der Waals surface area (Å²) in [5, 5.41) is 3.45. The monoisotopic (exact) mass is 281 g/mol. The van der Waals surface area contributed by atoms with Crippen LogP contribution in [0.15, 0.2) is 46.9 Å². The van der Waals surface area contributed by atoms with Crippen LogP contribution in [0.3, 0.4) is 0 Å². The van der Waals surface area contributed by atoms with Gasteiger partial charge in [0.25, 0.3) is 0 Å². The van der Waals surface area contributed by atoms with Crippen LogP contribution in [0.5, 0.6) is 0 Å². The van der Waals surface area contributed by atoms with Gasteiger partial charge in [0.15, 0.2) is 5.76 Å². The SMILES string of the molecule is Cc1ccc(C(=O)/C=C2\NC(C)(C)Cc3ccccc32)o1. The molecule has 0 atom stereocenters. The Bertz CT molecular complexity index is 722. The molecule has 0 saturated carbocycles. The molecule has 2 aromatic rings. The van der Waals surface area contributed by atoms with Crippen molar-refractivity contribution in [2.45, 2.75) is 32.7 Å². The molecule has 0 saturated heterocycles. The fourth-order valence-electron chi connectivity index (χ4n) is 2.77.